The van der Waals surface area contributed by atoms with Gasteiger partial charge in [-0.15, -0.1) is 0 Å². The highest BCUT2D eigenvalue weighted by Crippen LogP contribution is 2.40. The summed E-state index contributed by atoms with van der Waals surface area (Å²) in [6.45, 7) is 0.891. The lowest BCUT2D eigenvalue weighted by molar-refractivity contribution is -0.0126. The Labute approximate surface area is 120 Å². The van der Waals surface area contributed by atoms with Crippen LogP contribution in [0.4, 0.5) is 0 Å². The summed E-state index contributed by atoms with van der Waals surface area (Å²) in [5.41, 5.74) is -0.489. The molecule has 3 rings (SSSR count). The minimum Gasteiger partial charge on any atom is -0.383 e. The largest absolute Gasteiger partial charge is 0.383 e. The summed E-state index contributed by atoms with van der Waals surface area (Å²) in [6.07, 6.45) is 4.54. The van der Waals surface area contributed by atoms with Crippen molar-refractivity contribution in [3.05, 3.63) is 29.8 Å². The van der Waals surface area contributed by atoms with Gasteiger partial charge >= 0.3 is 0 Å². The highest BCUT2D eigenvalue weighted by Gasteiger charge is 2.45. The third-order valence-corrected chi connectivity index (χ3v) is 6.34. The van der Waals surface area contributed by atoms with Crippen LogP contribution in [0.25, 0.3) is 0 Å². The van der Waals surface area contributed by atoms with E-state index in [0.29, 0.717) is 10.5 Å². The molecule has 0 amide bonds. The van der Waals surface area contributed by atoms with E-state index in [1.54, 1.807) is 24.3 Å². The van der Waals surface area contributed by atoms with Gasteiger partial charge < -0.3 is 10.4 Å². The van der Waals surface area contributed by atoms with Crippen molar-refractivity contribution < 1.29 is 13.5 Å². The average molecular weight is 295 g/mol. The first-order valence-corrected chi connectivity index (χ1v) is 8.97. The second-order valence-corrected chi connectivity index (χ2v) is 7.92. The fourth-order valence-electron chi connectivity index (χ4n) is 3.43. The molecule has 0 saturated carbocycles. The Bertz CT molecular complexity index is 591. The zero-order chi connectivity index (χ0) is 14.2. The van der Waals surface area contributed by atoms with E-state index < -0.39 is 15.4 Å². The van der Waals surface area contributed by atoms with Crippen LogP contribution in [0.3, 0.4) is 0 Å². The summed E-state index contributed by atoms with van der Waals surface area (Å²) < 4.78 is 24.4. The Balaban J connectivity index is 2.05. The summed E-state index contributed by atoms with van der Waals surface area (Å²) >= 11 is 0. The number of nitrogens with one attached hydrogen (secondary N) is 1. The Kier molecular flexibility index (Phi) is 3.60. The molecule has 1 aromatic rings. The first-order valence-electron chi connectivity index (χ1n) is 7.32. The number of fused-ring (bicyclic) bond motifs is 1. The van der Waals surface area contributed by atoms with Gasteiger partial charge in [-0.25, -0.2) is 8.42 Å². The van der Waals surface area contributed by atoms with Crippen molar-refractivity contribution >= 4 is 9.84 Å². The monoisotopic (exact) mass is 295 g/mol. The van der Waals surface area contributed by atoms with Crippen molar-refractivity contribution in [2.45, 2.75) is 48.6 Å². The highest BCUT2D eigenvalue weighted by molar-refractivity contribution is 7.91. The van der Waals surface area contributed by atoms with E-state index >= 15 is 0 Å². The molecule has 0 radical (unpaired) electrons. The van der Waals surface area contributed by atoms with Crippen LogP contribution >= 0.6 is 0 Å². The molecule has 2 aliphatic rings. The first-order chi connectivity index (χ1) is 9.54. The summed E-state index contributed by atoms with van der Waals surface area (Å²) in [5, 5.41) is 14.6. The normalized spacial score (nSPS) is 33.1. The van der Waals surface area contributed by atoms with Gasteiger partial charge in [-0.1, -0.05) is 31.0 Å². The molecule has 2 unspecified atom stereocenters. The van der Waals surface area contributed by atoms with Crippen LogP contribution < -0.4 is 5.32 Å². The minimum absolute atomic E-state index is 0.0265. The number of rotatable bonds is 1. The Hall–Kier alpha value is -0.910. The van der Waals surface area contributed by atoms with Crippen molar-refractivity contribution in [3.63, 3.8) is 0 Å². The van der Waals surface area contributed by atoms with Gasteiger partial charge in [-0.3, -0.25) is 0 Å². The van der Waals surface area contributed by atoms with Crippen LogP contribution in [-0.2, 0) is 15.4 Å². The van der Waals surface area contributed by atoms with Gasteiger partial charge in [0.1, 0.15) is 5.60 Å². The van der Waals surface area contributed by atoms with Crippen molar-refractivity contribution in [1.29, 1.82) is 0 Å². The molecule has 2 atom stereocenters. The van der Waals surface area contributed by atoms with Gasteiger partial charge in [0.05, 0.1) is 10.6 Å². The SMILES string of the molecule is O=S1(=O)CCC(O)(C2CCCCCN2)c2ccccc21. The second kappa shape index (κ2) is 5.13. The van der Waals surface area contributed by atoms with Gasteiger partial charge in [0.15, 0.2) is 9.84 Å². The number of aliphatic hydroxyl groups is 1. The molecule has 1 saturated heterocycles. The summed E-state index contributed by atoms with van der Waals surface area (Å²) in [4.78, 5) is 0.305. The standard InChI is InChI=1S/C15H21NO3S/c17-15(14-8-2-1-5-10-16-14)9-11-20(18,19)13-7-4-3-6-12(13)15/h3-4,6-7,14,16-17H,1-2,5,8-11H2. The molecule has 0 bridgehead atoms. The van der Waals surface area contributed by atoms with Crippen LogP contribution in [0.2, 0.25) is 0 Å². The molecule has 0 aliphatic carbocycles. The van der Waals surface area contributed by atoms with Crippen LogP contribution in [0.5, 0.6) is 0 Å². The number of sulfone groups is 1. The van der Waals surface area contributed by atoms with Gasteiger partial charge in [0.25, 0.3) is 0 Å². The Morgan fingerprint density at radius 3 is 2.85 bits per heavy atom. The molecular formula is C15H21NO3S. The third kappa shape index (κ3) is 2.28. The van der Waals surface area contributed by atoms with Gasteiger partial charge in [-0.05, 0) is 31.9 Å². The summed E-state index contributed by atoms with van der Waals surface area (Å²) in [7, 11) is -3.25. The maximum atomic E-state index is 12.2. The molecule has 0 aromatic heterocycles. The predicted octanol–water partition coefficient (Wildman–Crippen LogP) is 1.58. The molecule has 1 fully saturated rings. The molecule has 2 heterocycles. The first kappa shape index (κ1) is 14.0. The van der Waals surface area contributed by atoms with Crippen molar-refractivity contribution in [3.8, 4) is 0 Å². The van der Waals surface area contributed by atoms with E-state index in [1.807, 2.05) is 0 Å². The number of benzene rings is 1. The van der Waals surface area contributed by atoms with Crippen molar-refractivity contribution in [2.75, 3.05) is 12.3 Å². The summed E-state index contributed by atoms with van der Waals surface area (Å²) in [5.74, 6) is 0.0265. The third-order valence-electron chi connectivity index (χ3n) is 4.58. The molecule has 1 aromatic carbocycles. The van der Waals surface area contributed by atoms with E-state index in [-0.39, 0.29) is 18.2 Å². The van der Waals surface area contributed by atoms with Crippen molar-refractivity contribution in [1.82, 2.24) is 5.32 Å². The fraction of sp³-hybridized carbons (Fsp3) is 0.600. The Morgan fingerprint density at radius 2 is 2.00 bits per heavy atom. The molecule has 5 heteroatoms. The molecule has 0 spiro atoms. The van der Waals surface area contributed by atoms with Crippen LogP contribution in [0.15, 0.2) is 29.2 Å². The van der Waals surface area contributed by atoms with Crippen LogP contribution in [0.1, 0.15) is 37.7 Å². The van der Waals surface area contributed by atoms with Gasteiger partial charge in [-0.2, -0.15) is 0 Å². The average Bonchev–Trinajstić information content (AvgIpc) is 2.73. The van der Waals surface area contributed by atoms with Gasteiger partial charge in [0.2, 0.25) is 0 Å². The number of hydrogen-bond donors (Lipinski definition) is 2. The Morgan fingerprint density at radius 1 is 1.20 bits per heavy atom. The lowest BCUT2D eigenvalue weighted by Crippen LogP contribution is -2.51. The summed E-state index contributed by atoms with van der Waals surface area (Å²) in [6, 6.07) is 6.86. The molecule has 2 N–H and O–H groups in total. The quantitative estimate of drug-likeness (QED) is 0.825. The van der Waals surface area contributed by atoms with E-state index in [1.165, 1.54) is 6.42 Å². The van der Waals surface area contributed by atoms with Crippen LogP contribution in [0, 0.1) is 0 Å². The van der Waals surface area contributed by atoms with Gasteiger partial charge in [0, 0.05) is 11.6 Å². The van der Waals surface area contributed by atoms with E-state index in [9.17, 15) is 13.5 Å². The number of hydrogen-bond acceptors (Lipinski definition) is 4. The van der Waals surface area contributed by atoms with E-state index in [4.69, 9.17) is 0 Å². The van der Waals surface area contributed by atoms with Crippen LogP contribution in [-0.4, -0.2) is 31.9 Å². The zero-order valence-electron chi connectivity index (χ0n) is 11.5. The molecule has 4 nitrogen and oxygen atoms in total. The smallest absolute Gasteiger partial charge is 0.178 e. The molecule has 110 valence electrons. The zero-order valence-corrected chi connectivity index (χ0v) is 12.3. The lowest BCUT2D eigenvalue weighted by Gasteiger charge is -2.40. The second-order valence-electron chi connectivity index (χ2n) is 5.85. The van der Waals surface area contributed by atoms with E-state index in [0.717, 1.165) is 25.8 Å². The maximum Gasteiger partial charge on any atom is 0.178 e. The van der Waals surface area contributed by atoms with E-state index in [2.05, 4.69) is 5.32 Å². The predicted molar refractivity (Wildman–Crippen MR) is 77.3 cm³/mol. The lowest BCUT2D eigenvalue weighted by atomic mass is 9.81. The van der Waals surface area contributed by atoms with Crippen molar-refractivity contribution in [2.24, 2.45) is 0 Å². The topological polar surface area (TPSA) is 66.4 Å². The highest BCUT2D eigenvalue weighted by atomic mass is 32.2. The molecule has 2 aliphatic heterocycles. The fourth-order valence-corrected chi connectivity index (χ4v) is 5.09. The molecule has 20 heavy (non-hydrogen) atoms. The maximum absolute atomic E-state index is 12.2. The minimum atomic E-state index is -3.25. The molecular weight excluding hydrogens is 274 g/mol.